The highest BCUT2D eigenvalue weighted by molar-refractivity contribution is 6.31. The second kappa shape index (κ2) is 7.84. The Morgan fingerprint density at radius 3 is 2.80 bits per heavy atom. The molecule has 0 spiro atoms. The van der Waals surface area contributed by atoms with Crippen molar-refractivity contribution in [2.75, 3.05) is 13.2 Å². The maximum atomic E-state index is 6.24. The minimum Gasteiger partial charge on any atom is -0.476 e. The van der Waals surface area contributed by atoms with Gasteiger partial charge < -0.3 is 10.1 Å². The first-order valence-corrected chi connectivity index (χ1v) is 8.01. The molecule has 0 aromatic carbocycles. The van der Waals surface area contributed by atoms with Crippen molar-refractivity contribution in [1.29, 1.82) is 0 Å². The van der Waals surface area contributed by atoms with Crippen molar-refractivity contribution in [3.63, 3.8) is 0 Å². The molecular formula is C16H25ClN2O. The van der Waals surface area contributed by atoms with Gasteiger partial charge in [-0.05, 0) is 42.9 Å². The average Bonchev–Trinajstić information content (AvgIpc) is 2.90. The first-order chi connectivity index (χ1) is 9.65. The van der Waals surface area contributed by atoms with Crippen LogP contribution in [0.2, 0.25) is 5.02 Å². The molecule has 4 heteroatoms. The van der Waals surface area contributed by atoms with Gasteiger partial charge in [-0.2, -0.15) is 0 Å². The molecule has 1 heterocycles. The second-order valence-electron chi connectivity index (χ2n) is 6.12. The molecule has 0 aliphatic heterocycles. The van der Waals surface area contributed by atoms with Crippen molar-refractivity contribution in [2.24, 2.45) is 11.8 Å². The van der Waals surface area contributed by atoms with Gasteiger partial charge >= 0.3 is 0 Å². The summed E-state index contributed by atoms with van der Waals surface area (Å²) in [5.74, 6) is 1.90. The predicted octanol–water partition coefficient (Wildman–Crippen LogP) is 4.05. The summed E-state index contributed by atoms with van der Waals surface area (Å²) in [6, 6.07) is 1.95. The Bertz CT molecular complexity index is 417. The summed E-state index contributed by atoms with van der Waals surface area (Å²) in [6.45, 7) is 6.93. The number of pyridine rings is 1. The van der Waals surface area contributed by atoms with Crippen LogP contribution in [-0.2, 0) is 6.54 Å². The largest absolute Gasteiger partial charge is 0.476 e. The van der Waals surface area contributed by atoms with Gasteiger partial charge in [0.1, 0.15) is 5.02 Å². The molecular weight excluding hydrogens is 272 g/mol. The highest BCUT2D eigenvalue weighted by Crippen LogP contribution is 2.27. The number of aromatic nitrogens is 1. The Labute approximate surface area is 127 Å². The summed E-state index contributed by atoms with van der Waals surface area (Å²) in [5.41, 5.74) is 1.10. The molecule has 1 aromatic heterocycles. The van der Waals surface area contributed by atoms with Gasteiger partial charge in [-0.25, -0.2) is 4.98 Å². The van der Waals surface area contributed by atoms with Crippen molar-refractivity contribution >= 4 is 11.6 Å². The van der Waals surface area contributed by atoms with Crippen LogP contribution in [0.25, 0.3) is 0 Å². The zero-order chi connectivity index (χ0) is 14.4. The Balaban J connectivity index is 1.81. The van der Waals surface area contributed by atoms with Crippen LogP contribution < -0.4 is 10.1 Å². The number of halogens is 1. The van der Waals surface area contributed by atoms with E-state index in [1.54, 1.807) is 0 Å². The van der Waals surface area contributed by atoms with Crippen LogP contribution in [0.4, 0.5) is 0 Å². The van der Waals surface area contributed by atoms with E-state index in [0.29, 0.717) is 22.7 Å². The minimum atomic E-state index is 0.575. The summed E-state index contributed by atoms with van der Waals surface area (Å²) in [4.78, 5) is 4.34. The quantitative estimate of drug-likeness (QED) is 0.824. The third-order valence-corrected chi connectivity index (χ3v) is 3.95. The number of nitrogens with one attached hydrogen (secondary N) is 1. The van der Waals surface area contributed by atoms with E-state index < -0.39 is 0 Å². The lowest BCUT2D eigenvalue weighted by Gasteiger charge is -2.12. The Morgan fingerprint density at radius 1 is 1.40 bits per heavy atom. The van der Waals surface area contributed by atoms with E-state index in [0.717, 1.165) is 25.3 Å². The molecule has 1 aliphatic carbocycles. The van der Waals surface area contributed by atoms with E-state index >= 15 is 0 Å². The maximum Gasteiger partial charge on any atom is 0.232 e. The van der Waals surface area contributed by atoms with Crippen LogP contribution in [0.1, 0.15) is 45.1 Å². The number of rotatable bonds is 7. The van der Waals surface area contributed by atoms with E-state index in [1.807, 2.05) is 12.3 Å². The smallest absolute Gasteiger partial charge is 0.232 e. The highest BCUT2D eigenvalue weighted by Gasteiger charge is 2.16. The molecule has 0 bridgehead atoms. The number of hydrogen-bond donors (Lipinski definition) is 1. The fourth-order valence-corrected chi connectivity index (χ4v) is 2.79. The maximum absolute atomic E-state index is 6.24. The van der Waals surface area contributed by atoms with Crippen LogP contribution in [0.15, 0.2) is 12.3 Å². The van der Waals surface area contributed by atoms with Crippen molar-refractivity contribution in [2.45, 2.75) is 46.1 Å². The Kier molecular flexibility index (Phi) is 6.11. The number of hydrogen-bond acceptors (Lipinski definition) is 3. The minimum absolute atomic E-state index is 0.575. The summed E-state index contributed by atoms with van der Waals surface area (Å²) in [7, 11) is 0. The fraction of sp³-hybridized carbons (Fsp3) is 0.688. The SMILES string of the molecule is CC(C)CNCc1cnc(OCC2CCCC2)c(Cl)c1. The average molecular weight is 297 g/mol. The fourth-order valence-electron chi connectivity index (χ4n) is 2.55. The predicted molar refractivity (Wildman–Crippen MR) is 83.2 cm³/mol. The first-order valence-electron chi connectivity index (χ1n) is 7.63. The topological polar surface area (TPSA) is 34.2 Å². The Hall–Kier alpha value is -0.800. The molecule has 0 radical (unpaired) electrons. The van der Waals surface area contributed by atoms with Gasteiger partial charge in [0.25, 0.3) is 0 Å². The molecule has 1 N–H and O–H groups in total. The van der Waals surface area contributed by atoms with Gasteiger partial charge in [-0.15, -0.1) is 0 Å². The zero-order valence-electron chi connectivity index (χ0n) is 12.5. The van der Waals surface area contributed by atoms with Crippen molar-refractivity contribution < 1.29 is 4.74 Å². The lowest BCUT2D eigenvalue weighted by molar-refractivity contribution is 0.243. The molecule has 0 saturated heterocycles. The molecule has 1 aliphatic rings. The van der Waals surface area contributed by atoms with Crippen molar-refractivity contribution in [3.05, 3.63) is 22.8 Å². The number of nitrogens with zero attached hydrogens (tertiary/aromatic N) is 1. The van der Waals surface area contributed by atoms with Crippen LogP contribution in [0.3, 0.4) is 0 Å². The normalized spacial score (nSPS) is 16.0. The van der Waals surface area contributed by atoms with Crippen molar-refractivity contribution in [3.8, 4) is 5.88 Å². The molecule has 0 amide bonds. The third kappa shape index (κ3) is 4.95. The van der Waals surface area contributed by atoms with E-state index in [9.17, 15) is 0 Å². The van der Waals surface area contributed by atoms with Gasteiger partial charge in [0.05, 0.1) is 6.61 Å². The van der Waals surface area contributed by atoms with Crippen LogP contribution in [-0.4, -0.2) is 18.1 Å². The van der Waals surface area contributed by atoms with Crippen LogP contribution in [0.5, 0.6) is 5.88 Å². The molecule has 0 atom stereocenters. The molecule has 1 saturated carbocycles. The van der Waals surface area contributed by atoms with E-state index in [-0.39, 0.29) is 0 Å². The summed E-state index contributed by atoms with van der Waals surface area (Å²) in [6.07, 6.45) is 7.05. The molecule has 2 rings (SSSR count). The van der Waals surface area contributed by atoms with E-state index in [1.165, 1.54) is 25.7 Å². The monoisotopic (exact) mass is 296 g/mol. The van der Waals surface area contributed by atoms with Gasteiger partial charge in [0, 0.05) is 12.7 Å². The molecule has 112 valence electrons. The lowest BCUT2D eigenvalue weighted by Crippen LogP contribution is -2.19. The molecule has 1 aromatic rings. The molecule has 20 heavy (non-hydrogen) atoms. The van der Waals surface area contributed by atoms with E-state index in [4.69, 9.17) is 16.3 Å². The summed E-state index contributed by atoms with van der Waals surface area (Å²) < 4.78 is 5.75. The number of ether oxygens (including phenoxy) is 1. The summed E-state index contributed by atoms with van der Waals surface area (Å²) in [5, 5.41) is 4.00. The van der Waals surface area contributed by atoms with Crippen LogP contribution in [0, 0.1) is 11.8 Å². The van der Waals surface area contributed by atoms with Crippen LogP contribution >= 0.6 is 11.6 Å². The summed E-state index contributed by atoms with van der Waals surface area (Å²) >= 11 is 6.24. The van der Waals surface area contributed by atoms with Gasteiger partial charge in [0.15, 0.2) is 0 Å². The standard InChI is InChI=1S/C16H25ClN2O/c1-12(2)8-18-9-14-7-15(17)16(19-10-14)20-11-13-5-3-4-6-13/h7,10,12-13,18H,3-6,8-9,11H2,1-2H3. The van der Waals surface area contributed by atoms with E-state index in [2.05, 4.69) is 24.1 Å². The second-order valence-corrected chi connectivity index (χ2v) is 6.52. The molecule has 3 nitrogen and oxygen atoms in total. The van der Waals surface area contributed by atoms with Gasteiger partial charge in [-0.1, -0.05) is 38.3 Å². The molecule has 0 unspecified atom stereocenters. The molecule has 1 fully saturated rings. The zero-order valence-corrected chi connectivity index (χ0v) is 13.2. The first kappa shape index (κ1) is 15.6. The third-order valence-electron chi connectivity index (χ3n) is 3.68. The van der Waals surface area contributed by atoms with Gasteiger partial charge in [-0.3, -0.25) is 0 Å². The Morgan fingerprint density at radius 2 is 2.15 bits per heavy atom. The lowest BCUT2D eigenvalue weighted by atomic mass is 10.1. The van der Waals surface area contributed by atoms with Crippen molar-refractivity contribution in [1.82, 2.24) is 10.3 Å². The van der Waals surface area contributed by atoms with Gasteiger partial charge in [0.2, 0.25) is 5.88 Å². The highest BCUT2D eigenvalue weighted by atomic mass is 35.5.